The zero-order chi connectivity index (χ0) is 18.3. The molecule has 138 valence electrons. The minimum absolute atomic E-state index is 0.0520. The highest BCUT2D eigenvalue weighted by atomic mass is 16.6. The average molecular weight is 343 g/mol. The normalized spacial score (nSPS) is 17.1. The molecule has 0 saturated carbocycles. The van der Waals surface area contributed by atoms with Gasteiger partial charge in [-0.15, -0.1) is 0 Å². The number of hydrogen-bond acceptors (Lipinski definition) is 6. The lowest BCUT2D eigenvalue weighted by Gasteiger charge is -2.35. The van der Waals surface area contributed by atoms with E-state index in [0.29, 0.717) is 13.1 Å². The molecule has 0 aromatic heterocycles. The number of carbonyl (C=O) groups excluding carboxylic acids is 3. The largest absolute Gasteiger partial charge is 0.469 e. The first-order valence-corrected chi connectivity index (χ1v) is 8.16. The Labute approximate surface area is 143 Å². The molecule has 1 aliphatic rings. The molecular weight excluding hydrogens is 314 g/mol. The first-order chi connectivity index (χ1) is 11.1. The third-order valence-corrected chi connectivity index (χ3v) is 3.67. The Balaban J connectivity index is 2.70. The molecule has 1 fully saturated rings. The fraction of sp³-hybridized carbons (Fsp3) is 0.812. The summed E-state index contributed by atoms with van der Waals surface area (Å²) in [6.07, 6.45) is -0.437. The van der Waals surface area contributed by atoms with E-state index >= 15 is 0 Å². The van der Waals surface area contributed by atoms with Crippen LogP contribution in [0.25, 0.3) is 0 Å². The summed E-state index contributed by atoms with van der Waals surface area (Å²) in [5.74, 6) is -0.616. The summed E-state index contributed by atoms with van der Waals surface area (Å²) >= 11 is 0. The van der Waals surface area contributed by atoms with Crippen molar-refractivity contribution >= 4 is 18.0 Å². The van der Waals surface area contributed by atoms with Crippen molar-refractivity contribution in [3.05, 3.63) is 0 Å². The number of hydrogen-bond donors (Lipinski definition) is 1. The SMILES string of the molecule is COC(=O)CC[C@H](NC(=O)OC(C)(C)C)C(=O)N1CCN(C)CC1. The van der Waals surface area contributed by atoms with Crippen molar-refractivity contribution in [2.75, 3.05) is 40.3 Å². The molecule has 0 aromatic carbocycles. The number of ether oxygens (including phenoxy) is 2. The van der Waals surface area contributed by atoms with E-state index < -0.39 is 23.7 Å². The molecule has 1 atom stereocenters. The maximum absolute atomic E-state index is 12.7. The smallest absolute Gasteiger partial charge is 0.408 e. The molecule has 0 radical (unpaired) electrons. The van der Waals surface area contributed by atoms with Gasteiger partial charge in [-0.1, -0.05) is 0 Å². The van der Waals surface area contributed by atoms with Crippen LogP contribution < -0.4 is 5.32 Å². The van der Waals surface area contributed by atoms with Crippen LogP contribution in [0.15, 0.2) is 0 Å². The summed E-state index contributed by atoms with van der Waals surface area (Å²) in [5, 5.41) is 2.59. The summed E-state index contributed by atoms with van der Waals surface area (Å²) in [5.41, 5.74) is -0.659. The molecule has 1 aliphatic heterocycles. The van der Waals surface area contributed by atoms with E-state index in [1.165, 1.54) is 7.11 Å². The van der Waals surface area contributed by atoms with Crippen LogP contribution in [0.3, 0.4) is 0 Å². The zero-order valence-corrected chi connectivity index (χ0v) is 15.3. The van der Waals surface area contributed by atoms with Crippen molar-refractivity contribution in [3.63, 3.8) is 0 Å². The average Bonchev–Trinajstić information content (AvgIpc) is 2.49. The van der Waals surface area contributed by atoms with Gasteiger partial charge in [-0.05, 0) is 34.2 Å². The minimum atomic E-state index is -0.803. The van der Waals surface area contributed by atoms with Gasteiger partial charge in [-0.25, -0.2) is 4.79 Å². The Hall–Kier alpha value is -1.83. The molecule has 8 nitrogen and oxygen atoms in total. The predicted octanol–water partition coefficient (Wildman–Crippen LogP) is 0.607. The Morgan fingerprint density at radius 3 is 2.21 bits per heavy atom. The fourth-order valence-corrected chi connectivity index (χ4v) is 2.32. The maximum Gasteiger partial charge on any atom is 0.408 e. The van der Waals surface area contributed by atoms with Crippen molar-refractivity contribution in [1.29, 1.82) is 0 Å². The lowest BCUT2D eigenvalue weighted by atomic mass is 10.1. The third-order valence-electron chi connectivity index (χ3n) is 3.67. The predicted molar refractivity (Wildman–Crippen MR) is 88.5 cm³/mol. The molecule has 1 N–H and O–H groups in total. The monoisotopic (exact) mass is 343 g/mol. The van der Waals surface area contributed by atoms with Crippen LogP contribution in [-0.2, 0) is 19.1 Å². The van der Waals surface area contributed by atoms with E-state index in [4.69, 9.17) is 4.74 Å². The summed E-state index contributed by atoms with van der Waals surface area (Å²) in [6, 6.07) is -0.803. The number of methoxy groups -OCH3 is 1. The van der Waals surface area contributed by atoms with Crippen LogP contribution in [0, 0.1) is 0 Å². The van der Waals surface area contributed by atoms with Gasteiger partial charge in [0.15, 0.2) is 0 Å². The highest BCUT2D eigenvalue weighted by molar-refractivity contribution is 5.86. The maximum atomic E-state index is 12.7. The molecule has 0 spiro atoms. The first-order valence-electron chi connectivity index (χ1n) is 8.16. The molecule has 8 heteroatoms. The second-order valence-corrected chi connectivity index (χ2v) is 6.94. The molecule has 0 unspecified atom stereocenters. The first kappa shape index (κ1) is 20.2. The van der Waals surface area contributed by atoms with Crippen molar-refractivity contribution in [1.82, 2.24) is 15.1 Å². The minimum Gasteiger partial charge on any atom is -0.469 e. The second kappa shape index (κ2) is 8.86. The van der Waals surface area contributed by atoms with Gasteiger partial charge in [-0.2, -0.15) is 0 Å². The number of nitrogens with one attached hydrogen (secondary N) is 1. The summed E-state index contributed by atoms with van der Waals surface area (Å²) in [6.45, 7) is 8.00. The number of piperazine rings is 1. The summed E-state index contributed by atoms with van der Waals surface area (Å²) < 4.78 is 9.82. The van der Waals surface area contributed by atoms with E-state index in [0.717, 1.165) is 13.1 Å². The van der Waals surface area contributed by atoms with Crippen LogP contribution in [-0.4, -0.2) is 79.7 Å². The number of likely N-dealkylation sites (N-methyl/N-ethyl adjacent to an activating group) is 1. The number of amides is 2. The van der Waals surface area contributed by atoms with E-state index in [1.807, 2.05) is 7.05 Å². The van der Waals surface area contributed by atoms with Crippen molar-refractivity contribution in [3.8, 4) is 0 Å². The third kappa shape index (κ3) is 7.16. The number of carbonyl (C=O) groups is 3. The van der Waals surface area contributed by atoms with Crippen LogP contribution in [0.5, 0.6) is 0 Å². The number of esters is 1. The molecular formula is C16H29N3O5. The Morgan fingerprint density at radius 2 is 1.71 bits per heavy atom. The quantitative estimate of drug-likeness (QED) is 0.736. The van der Waals surface area contributed by atoms with Gasteiger partial charge >= 0.3 is 12.1 Å². The van der Waals surface area contributed by atoms with Crippen molar-refractivity contribution in [2.24, 2.45) is 0 Å². The van der Waals surface area contributed by atoms with Crippen molar-refractivity contribution < 1.29 is 23.9 Å². The Kier molecular flexibility index (Phi) is 7.47. The lowest BCUT2D eigenvalue weighted by Crippen LogP contribution is -2.54. The molecule has 0 aliphatic carbocycles. The molecule has 2 amide bonds. The Morgan fingerprint density at radius 1 is 1.12 bits per heavy atom. The van der Waals surface area contributed by atoms with Gasteiger partial charge in [-0.3, -0.25) is 9.59 Å². The number of alkyl carbamates (subject to hydrolysis) is 1. The van der Waals surface area contributed by atoms with Gasteiger partial charge in [0.1, 0.15) is 11.6 Å². The van der Waals surface area contributed by atoms with Gasteiger partial charge in [0, 0.05) is 32.6 Å². The standard InChI is InChI=1S/C16H29N3O5/c1-16(2,3)24-15(22)17-12(6-7-13(20)23-5)14(21)19-10-8-18(4)9-11-19/h12H,6-11H2,1-5H3,(H,17,22)/t12-/m0/s1. The lowest BCUT2D eigenvalue weighted by molar-refractivity contribution is -0.141. The van der Waals surface area contributed by atoms with E-state index in [2.05, 4.69) is 15.0 Å². The van der Waals surface area contributed by atoms with Crippen LogP contribution in [0.4, 0.5) is 4.79 Å². The van der Waals surface area contributed by atoms with Gasteiger partial charge in [0.2, 0.25) is 5.91 Å². The number of nitrogens with zero attached hydrogens (tertiary/aromatic N) is 2. The Bertz CT molecular complexity index is 453. The molecule has 1 heterocycles. The van der Waals surface area contributed by atoms with Gasteiger partial charge in [0.25, 0.3) is 0 Å². The zero-order valence-electron chi connectivity index (χ0n) is 15.3. The molecule has 24 heavy (non-hydrogen) atoms. The highest BCUT2D eigenvalue weighted by Crippen LogP contribution is 2.10. The summed E-state index contributed by atoms with van der Waals surface area (Å²) in [7, 11) is 3.29. The van der Waals surface area contributed by atoms with Crippen LogP contribution in [0.2, 0.25) is 0 Å². The van der Waals surface area contributed by atoms with Crippen LogP contribution in [0.1, 0.15) is 33.6 Å². The topological polar surface area (TPSA) is 88.2 Å². The second-order valence-electron chi connectivity index (χ2n) is 6.94. The summed E-state index contributed by atoms with van der Waals surface area (Å²) in [4.78, 5) is 39.9. The molecule has 1 rings (SSSR count). The van der Waals surface area contributed by atoms with Gasteiger partial charge < -0.3 is 24.6 Å². The highest BCUT2D eigenvalue weighted by Gasteiger charge is 2.30. The van der Waals surface area contributed by atoms with E-state index in [-0.39, 0.29) is 18.7 Å². The molecule has 0 bridgehead atoms. The molecule has 1 saturated heterocycles. The van der Waals surface area contributed by atoms with E-state index in [1.54, 1.807) is 25.7 Å². The number of rotatable bonds is 5. The van der Waals surface area contributed by atoms with Crippen LogP contribution >= 0.6 is 0 Å². The molecule has 0 aromatic rings. The van der Waals surface area contributed by atoms with Crippen molar-refractivity contribution in [2.45, 2.75) is 45.3 Å². The van der Waals surface area contributed by atoms with E-state index in [9.17, 15) is 14.4 Å². The fourth-order valence-electron chi connectivity index (χ4n) is 2.32. The van der Waals surface area contributed by atoms with Gasteiger partial charge in [0.05, 0.1) is 7.11 Å².